The SMILES string of the molecule is [Hg][c]1cccc2n[nH]nc12. The van der Waals surface area contributed by atoms with E-state index in [0.717, 1.165) is 11.0 Å². The van der Waals surface area contributed by atoms with Gasteiger partial charge in [-0.05, 0) is 0 Å². The van der Waals surface area contributed by atoms with E-state index >= 15 is 0 Å². The van der Waals surface area contributed by atoms with Crippen LogP contribution in [0.4, 0.5) is 0 Å². The van der Waals surface area contributed by atoms with Gasteiger partial charge in [0, 0.05) is 0 Å². The van der Waals surface area contributed by atoms with Crippen LogP contribution in [-0.2, 0) is 26.1 Å². The third-order valence-corrected chi connectivity index (χ3v) is 3.65. The van der Waals surface area contributed by atoms with Crippen molar-refractivity contribution in [3.63, 3.8) is 0 Å². The van der Waals surface area contributed by atoms with Crippen LogP contribution in [0.15, 0.2) is 18.2 Å². The minimum atomic E-state index is 0.634. The number of hydrogen-bond donors (Lipinski definition) is 1. The fourth-order valence-electron chi connectivity index (χ4n) is 0.926. The molecule has 0 atom stereocenters. The number of nitrogens with one attached hydrogen (secondary N) is 1. The maximum absolute atomic E-state index is 4.03. The molecule has 0 aliphatic heterocycles. The van der Waals surface area contributed by atoms with Crippen molar-refractivity contribution < 1.29 is 26.1 Å². The molecule has 0 saturated heterocycles. The topological polar surface area (TPSA) is 41.6 Å². The number of rotatable bonds is 0. The van der Waals surface area contributed by atoms with Gasteiger partial charge in [0.2, 0.25) is 0 Å². The van der Waals surface area contributed by atoms with Crippen molar-refractivity contribution in [2.24, 2.45) is 0 Å². The summed E-state index contributed by atoms with van der Waals surface area (Å²) in [6.45, 7) is 0. The van der Waals surface area contributed by atoms with Gasteiger partial charge < -0.3 is 0 Å². The Bertz CT molecular complexity index is 355. The molecule has 10 heavy (non-hydrogen) atoms. The van der Waals surface area contributed by atoms with Gasteiger partial charge in [-0.2, -0.15) is 0 Å². The van der Waals surface area contributed by atoms with Crippen molar-refractivity contribution in [1.82, 2.24) is 15.4 Å². The predicted octanol–water partition coefficient (Wildman–Crippen LogP) is 0.130. The molecule has 3 nitrogen and oxygen atoms in total. The number of para-hydroxylation sites is 1. The fourth-order valence-corrected chi connectivity index (χ4v) is 2.47. The molecule has 0 spiro atoms. The molecule has 2 aromatic rings. The van der Waals surface area contributed by atoms with Crippen molar-refractivity contribution in [3.05, 3.63) is 18.2 Å². The standard InChI is InChI=1S/C6H4N3.Hg/c1-2-4-6-5(3-1)7-9-8-6;/h1-3H,(H,7,8,9);. The van der Waals surface area contributed by atoms with E-state index in [1.165, 1.54) is 3.07 Å². The molecule has 0 aliphatic rings. The van der Waals surface area contributed by atoms with Crippen molar-refractivity contribution >= 4 is 14.1 Å². The molecule has 0 bridgehead atoms. The second-order valence-corrected chi connectivity index (χ2v) is 5.07. The van der Waals surface area contributed by atoms with Crippen LogP contribution in [-0.4, -0.2) is 15.4 Å². The number of benzene rings is 1. The number of hydrogen-bond acceptors (Lipinski definition) is 2. The molecule has 45 valence electrons. The molecular weight excluding hydrogens is 315 g/mol. The molecule has 0 amide bonds. The van der Waals surface area contributed by atoms with Gasteiger partial charge >= 0.3 is 73.8 Å². The molecule has 0 aliphatic carbocycles. The molecule has 0 saturated carbocycles. The Morgan fingerprint density at radius 1 is 1.30 bits per heavy atom. The summed E-state index contributed by atoms with van der Waals surface area (Å²) in [4.78, 5) is 0. The normalized spacial score (nSPS) is 10.6. The third-order valence-electron chi connectivity index (χ3n) is 1.43. The number of fused-ring (bicyclic) bond motifs is 1. The van der Waals surface area contributed by atoms with Gasteiger partial charge in [-0.15, -0.1) is 0 Å². The average Bonchev–Trinajstić information content (AvgIpc) is 2.36. The van der Waals surface area contributed by atoms with E-state index in [-0.39, 0.29) is 0 Å². The van der Waals surface area contributed by atoms with Crippen LogP contribution in [0.3, 0.4) is 0 Å². The summed E-state index contributed by atoms with van der Waals surface area (Å²) in [7, 11) is 0. The van der Waals surface area contributed by atoms with Crippen LogP contribution in [0.2, 0.25) is 0 Å². The molecule has 1 heterocycles. The quantitative estimate of drug-likeness (QED) is 0.702. The van der Waals surface area contributed by atoms with E-state index < -0.39 is 0 Å². The van der Waals surface area contributed by atoms with Gasteiger partial charge in [-0.1, -0.05) is 0 Å². The molecular formula is C6H4HgN3. The Hall–Kier alpha value is -0.445. The summed E-state index contributed by atoms with van der Waals surface area (Å²) in [5, 5.41) is 10.6. The Balaban J connectivity index is 2.95. The number of aromatic nitrogens is 3. The van der Waals surface area contributed by atoms with E-state index in [9.17, 15) is 0 Å². The number of nitrogens with zero attached hydrogens (tertiary/aromatic N) is 2. The zero-order chi connectivity index (χ0) is 6.97. The Labute approximate surface area is 73.8 Å². The van der Waals surface area contributed by atoms with Crippen LogP contribution >= 0.6 is 0 Å². The molecule has 0 unspecified atom stereocenters. The van der Waals surface area contributed by atoms with Crippen LogP contribution in [0.5, 0.6) is 0 Å². The first-order valence-corrected chi connectivity index (χ1v) is 5.74. The van der Waals surface area contributed by atoms with Crippen LogP contribution < -0.4 is 3.07 Å². The third kappa shape index (κ3) is 0.849. The first-order chi connectivity index (χ1) is 4.88. The minimum absolute atomic E-state index is 0.634. The van der Waals surface area contributed by atoms with Crippen molar-refractivity contribution in [1.29, 1.82) is 0 Å². The van der Waals surface area contributed by atoms with Crippen LogP contribution in [0.1, 0.15) is 0 Å². The van der Waals surface area contributed by atoms with E-state index in [0.29, 0.717) is 26.1 Å². The predicted molar refractivity (Wildman–Crippen MR) is 33.5 cm³/mol. The summed E-state index contributed by atoms with van der Waals surface area (Å²) < 4.78 is 1.35. The molecule has 2 rings (SSSR count). The Morgan fingerprint density at radius 3 is 3.00 bits per heavy atom. The molecule has 4 heteroatoms. The summed E-state index contributed by atoms with van der Waals surface area (Å²) in [5.41, 5.74) is 2.03. The molecule has 1 aromatic heterocycles. The van der Waals surface area contributed by atoms with E-state index in [1.807, 2.05) is 12.1 Å². The zero-order valence-electron chi connectivity index (χ0n) is 5.33. The van der Waals surface area contributed by atoms with Crippen molar-refractivity contribution in [2.45, 2.75) is 0 Å². The van der Waals surface area contributed by atoms with Crippen molar-refractivity contribution in [2.75, 3.05) is 0 Å². The fraction of sp³-hybridized carbons (Fsp3) is 0. The Morgan fingerprint density at radius 2 is 2.20 bits per heavy atom. The number of H-pyrrole nitrogens is 1. The van der Waals surface area contributed by atoms with E-state index in [4.69, 9.17) is 0 Å². The van der Waals surface area contributed by atoms with Crippen LogP contribution in [0.25, 0.3) is 11.0 Å². The zero-order valence-corrected chi connectivity index (χ0v) is 10.8. The maximum atomic E-state index is 4.03. The first-order valence-electron chi connectivity index (χ1n) is 2.99. The molecule has 1 aromatic carbocycles. The molecule has 0 radical (unpaired) electrons. The summed E-state index contributed by atoms with van der Waals surface area (Å²) in [6, 6.07) is 6.09. The first kappa shape index (κ1) is 6.28. The number of aromatic amines is 1. The van der Waals surface area contributed by atoms with Gasteiger partial charge in [0.05, 0.1) is 0 Å². The summed E-state index contributed by atoms with van der Waals surface area (Å²) in [6.07, 6.45) is 0. The second kappa shape index (κ2) is 2.31. The van der Waals surface area contributed by atoms with Gasteiger partial charge in [0.25, 0.3) is 0 Å². The van der Waals surface area contributed by atoms with Gasteiger partial charge in [-0.3, -0.25) is 0 Å². The average molecular weight is 319 g/mol. The van der Waals surface area contributed by atoms with E-state index in [1.54, 1.807) is 0 Å². The Kier molecular flexibility index (Phi) is 1.45. The van der Waals surface area contributed by atoms with Gasteiger partial charge in [-0.25, -0.2) is 0 Å². The van der Waals surface area contributed by atoms with E-state index in [2.05, 4.69) is 21.5 Å². The summed E-state index contributed by atoms with van der Waals surface area (Å²) >= 11 is 0.634. The molecule has 0 fully saturated rings. The monoisotopic (exact) mass is 320 g/mol. The van der Waals surface area contributed by atoms with Crippen molar-refractivity contribution in [3.8, 4) is 0 Å². The summed E-state index contributed by atoms with van der Waals surface area (Å²) in [5.74, 6) is 0. The van der Waals surface area contributed by atoms with Gasteiger partial charge in [0.1, 0.15) is 0 Å². The van der Waals surface area contributed by atoms with Crippen LogP contribution in [0, 0.1) is 0 Å². The molecule has 1 N–H and O–H groups in total. The van der Waals surface area contributed by atoms with Gasteiger partial charge in [0.15, 0.2) is 0 Å². The second-order valence-electron chi connectivity index (χ2n) is 2.11.